The number of piperidine rings is 2. The van der Waals surface area contributed by atoms with Crippen molar-refractivity contribution in [2.45, 2.75) is 62.8 Å². The van der Waals surface area contributed by atoms with Gasteiger partial charge in [-0.2, -0.15) is 8.78 Å². The van der Waals surface area contributed by atoms with Crippen molar-refractivity contribution in [3.8, 4) is 11.5 Å². The molecule has 4 heterocycles. The number of amides is 3. The minimum Gasteiger partial charge on any atom is -0.508 e. The van der Waals surface area contributed by atoms with Gasteiger partial charge in [0, 0.05) is 24.7 Å². The molecule has 2 N–H and O–H groups in total. The Balaban J connectivity index is 1.37. The van der Waals surface area contributed by atoms with Crippen LogP contribution < -0.4 is 10.1 Å². The molecule has 0 spiro atoms. The van der Waals surface area contributed by atoms with Crippen molar-refractivity contribution in [1.82, 2.24) is 14.7 Å². The number of alkyl halides is 2. The highest BCUT2D eigenvalue weighted by molar-refractivity contribution is 6.07. The van der Waals surface area contributed by atoms with Crippen LogP contribution in [0.2, 0.25) is 0 Å². The van der Waals surface area contributed by atoms with Gasteiger partial charge in [0.25, 0.3) is 5.91 Å². The molecule has 0 aliphatic carbocycles. The zero-order valence-electron chi connectivity index (χ0n) is 21.3. The van der Waals surface area contributed by atoms with Gasteiger partial charge in [0.2, 0.25) is 0 Å². The van der Waals surface area contributed by atoms with Crippen molar-refractivity contribution in [3.05, 3.63) is 53.6 Å². The van der Waals surface area contributed by atoms with E-state index in [1.54, 1.807) is 42.2 Å². The van der Waals surface area contributed by atoms with E-state index in [1.807, 2.05) is 6.07 Å². The molecule has 0 bridgehead atoms. The zero-order valence-corrected chi connectivity index (χ0v) is 21.3. The molecule has 4 aliphatic heterocycles. The fourth-order valence-electron chi connectivity index (χ4n) is 6.87. The standard InChI is InChI=1S/C28H32F2N4O4/c1-28-16-21-20-15-19(38-26(29)30)8-9-22(20)31-23(21)24(17-6-5-7-18(35)14-17)34(28)27(37)33(25(28)36)13-12-32-10-3-2-4-11-32/h5-9,14-15,21,23-24,26,31,35H,2-4,10-13,16H2,1H3/t21?,23?,24-,28+/m1/s1. The summed E-state index contributed by atoms with van der Waals surface area (Å²) in [6.07, 6.45) is 3.79. The number of hydrogen-bond acceptors (Lipinski definition) is 6. The highest BCUT2D eigenvalue weighted by Gasteiger charge is 2.63. The van der Waals surface area contributed by atoms with Crippen LogP contribution in [0.5, 0.6) is 11.5 Å². The molecule has 0 saturated carbocycles. The molecular weight excluding hydrogens is 494 g/mol. The first-order chi connectivity index (χ1) is 18.3. The van der Waals surface area contributed by atoms with E-state index in [9.17, 15) is 23.5 Å². The molecule has 3 fully saturated rings. The second-order valence-electron chi connectivity index (χ2n) is 10.9. The summed E-state index contributed by atoms with van der Waals surface area (Å²) in [4.78, 5) is 33.3. The van der Waals surface area contributed by atoms with Crippen molar-refractivity contribution in [3.63, 3.8) is 0 Å². The van der Waals surface area contributed by atoms with Gasteiger partial charge in [0.1, 0.15) is 17.0 Å². The van der Waals surface area contributed by atoms with Crippen LogP contribution in [0.4, 0.5) is 19.3 Å². The molecule has 2 aromatic carbocycles. The van der Waals surface area contributed by atoms with E-state index >= 15 is 0 Å². The molecule has 3 amide bonds. The van der Waals surface area contributed by atoms with Crippen LogP contribution in [0.1, 0.15) is 55.7 Å². The maximum Gasteiger partial charge on any atom is 0.387 e. The Labute approximate surface area is 220 Å². The molecule has 3 saturated heterocycles. The molecule has 0 aromatic heterocycles. The van der Waals surface area contributed by atoms with Crippen LogP contribution in [0.3, 0.4) is 0 Å². The predicted molar refractivity (Wildman–Crippen MR) is 136 cm³/mol. The number of aromatic hydroxyl groups is 1. The molecule has 6 rings (SSSR count). The van der Waals surface area contributed by atoms with Crippen LogP contribution in [0, 0.1) is 0 Å². The van der Waals surface area contributed by atoms with Crippen molar-refractivity contribution in [2.75, 3.05) is 31.5 Å². The molecule has 38 heavy (non-hydrogen) atoms. The van der Waals surface area contributed by atoms with Crippen molar-refractivity contribution >= 4 is 17.6 Å². The normalized spacial score (nSPS) is 28.8. The van der Waals surface area contributed by atoms with E-state index in [1.165, 1.54) is 17.4 Å². The Hall–Kier alpha value is -3.40. The topological polar surface area (TPSA) is 85.3 Å². The molecular formula is C28H32F2N4O4. The number of ether oxygens (including phenoxy) is 1. The monoisotopic (exact) mass is 526 g/mol. The van der Waals surface area contributed by atoms with E-state index in [4.69, 9.17) is 0 Å². The number of imide groups is 1. The Morgan fingerprint density at radius 1 is 1.11 bits per heavy atom. The fourth-order valence-corrected chi connectivity index (χ4v) is 6.87. The minimum absolute atomic E-state index is 0.0553. The van der Waals surface area contributed by atoms with Crippen LogP contribution in [-0.4, -0.2) is 76.1 Å². The molecule has 4 aliphatic rings. The predicted octanol–water partition coefficient (Wildman–Crippen LogP) is 4.53. The van der Waals surface area contributed by atoms with Gasteiger partial charge in [-0.1, -0.05) is 18.6 Å². The third-order valence-electron chi connectivity index (χ3n) is 8.61. The quantitative estimate of drug-likeness (QED) is 0.539. The van der Waals surface area contributed by atoms with Gasteiger partial charge in [0.05, 0.1) is 12.1 Å². The van der Waals surface area contributed by atoms with Gasteiger partial charge in [-0.05, 0) is 80.7 Å². The Morgan fingerprint density at radius 2 is 1.89 bits per heavy atom. The number of phenols is 1. The first kappa shape index (κ1) is 24.9. The smallest absolute Gasteiger partial charge is 0.387 e. The second kappa shape index (κ2) is 9.41. The van der Waals surface area contributed by atoms with E-state index in [-0.39, 0.29) is 35.4 Å². The Kier molecular flexibility index (Phi) is 6.17. The SMILES string of the molecule is C[C@@]12CC3c4cc(OC(F)F)ccc4NC3[C@@H](c3cccc(O)c3)N1C(=O)N(CCN1CCCCC1)C2=O. The van der Waals surface area contributed by atoms with Crippen LogP contribution in [-0.2, 0) is 4.79 Å². The zero-order chi connectivity index (χ0) is 26.6. The maximum atomic E-state index is 14.0. The van der Waals surface area contributed by atoms with Gasteiger partial charge in [0.15, 0.2) is 0 Å². The lowest BCUT2D eigenvalue weighted by molar-refractivity contribution is -0.135. The van der Waals surface area contributed by atoms with Crippen LogP contribution in [0.15, 0.2) is 42.5 Å². The molecule has 202 valence electrons. The van der Waals surface area contributed by atoms with Crippen LogP contribution >= 0.6 is 0 Å². The lowest BCUT2D eigenvalue weighted by Gasteiger charge is -2.48. The molecule has 10 heteroatoms. The first-order valence-corrected chi connectivity index (χ1v) is 13.3. The molecule has 0 radical (unpaired) electrons. The number of phenolic OH excluding ortho intramolecular Hbond substituents is 1. The van der Waals surface area contributed by atoms with Crippen LogP contribution in [0.25, 0.3) is 0 Å². The van der Waals surface area contributed by atoms with Gasteiger partial charge >= 0.3 is 12.6 Å². The highest BCUT2D eigenvalue weighted by atomic mass is 19.3. The van der Waals surface area contributed by atoms with Gasteiger partial charge in [-0.25, -0.2) is 4.79 Å². The number of carbonyl (C=O) groups excluding carboxylic acids is 2. The average molecular weight is 527 g/mol. The number of hydrogen-bond donors (Lipinski definition) is 2. The molecule has 4 atom stereocenters. The largest absolute Gasteiger partial charge is 0.508 e. The third-order valence-corrected chi connectivity index (χ3v) is 8.61. The molecule has 8 nitrogen and oxygen atoms in total. The van der Waals surface area contributed by atoms with Gasteiger partial charge in [-0.15, -0.1) is 0 Å². The number of halogens is 2. The number of nitrogens with zero attached hydrogens (tertiary/aromatic N) is 3. The summed E-state index contributed by atoms with van der Waals surface area (Å²) < 4.78 is 30.6. The maximum absolute atomic E-state index is 14.0. The lowest BCUT2D eigenvalue weighted by atomic mass is 9.72. The van der Waals surface area contributed by atoms with E-state index in [0.29, 0.717) is 25.1 Å². The summed E-state index contributed by atoms with van der Waals surface area (Å²) in [5, 5.41) is 13.8. The number of urea groups is 1. The summed E-state index contributed by atoms with van der Waals surface area (Å²) in [6, 6.07) is 10.3. The number of nitrogens with one attached hydrogen (secondary N) is 1. The minimum atomic E-state index is -2.94. The average Bonchev–Trinajstić information content (AvgIpc) is 3.33. The number of fused-ring (bicyclic) bond motifs is 4. The summed E-state index contributed by atoms with van der Waals surface area (Å²) in [6.45, 7) is 1.76. The van der Waals surface area contributed by atoms with Gasteiger partial charge < -0.3 is 25.0 Å². The molecule has 2 unspecified atom stereocenters. The summed E-state index contributed by atoms with van der Waals surface area (Å²) in [5.74, 6) is -0.357. The van der Waals surface area contributed by atoms with Crippen molar-refractivity contribution in [1.29, 1.82) is 0 Å². The lowest BCUT2D eigenvalue weighted by Crippen LogP contribution is -2.58. The third kappa shape index (κ3) is 4.05. The number of carbonyl (C=O) groups is 2. The first-order valence-electron chi connectivity index (χ1n) is 13.3. The fraction of sp³-hybridized carbons (Fsp3) is 0.500. The van der Waals surface area contributed by atoms with E-state index < -0.39 is 18.2 Å². The Morgan fingerprint density at radius 3 is 2.63 bits per heavy atom. The number of rotatable bonds is 6. The number of benzene rings is 2. The second-order valence-corrected chi connectivity index (χ2v) is 10.9. The summed E-state index contributed by atoms with van der Waals surface area (Å²) in [7, 11) is 0. The Bertz CT molecular complexity index is 1250. The van der Waals surface area contributed by atoms with E-state index in [0.717, 1.165) is 37.2 Å². The number of likely N-dealkylation sites (tertiary alicyclic amines) is 1. The number of anilines is 1. The van der Waals surface area contributed by atoms with Gasteiger partial charge in [-0.3, -0.25) is 9.69 Å². The summed E-state index contributed by atoms with van der Waals surface area (Å²) in [5.41, 5.74) is 1.12. The summed E-state index contributed by atoms with van der Waals surface area (Å²) >= 11 is 0. The highest BCUT2D eigenvalue weighted by Crippen LogP contribution is 2.56. The molecule has 2 aromatic rings. The van der Waals surface area contributed by atoms with Crippen molar-refractivity contribution < 1.29 is 28.2 Å². The van der Waals surface area contributed by atoms with Crippen molar-refractivity contribution in [2.24, 2.45) is 0 Å². The van der Waals surface area contributed by atoms with E-state index in [2.05, 4.69) is 15.0 Å².